The first kappa shape index (κ1) is 16.5. The van der Waals surface area contributed by atoms with Crippen molar-refractivity contribution < 1.29 is 18.3 Å². The fourth-order valence-corrected chi connectivity index (χ4v) is 4.48. The third kappa shape index (κ3) is 3.18. The van der Waals surface area contributed by atoms with E-state index in [1.807, 2.05) is 0 Å². The quantitative estimate of drug-likeness (QED) is 0.732. The molecule has 1 saturated carbocycles. The maximum absolute atomic E-state index is 12.9. The maximum atomic E-state index is 12.9. The minimum absolute atomic E-state index is 0.0334. The molecule has 1 aromatic rings. The van der Waals surface area contributed by atoms with Crippen LogP contribution in [0.1, 0.15) is 19.3 Å². The molecule has 0 bridgehead atoms. The van der Waals surface area contributed by atoms with E-state index in [-0.39, 0.29) is 29.8 Å². The van der Waals surface area contributed by atoms with Gasteiger partial charge < -0.3 is 15.6 Å². The molecule has 1 aromatic carbocycles. The second kappa shape index (κ2) is 6.51. The number of halogens is 1. The van der Waals surface area contributed by atoms with Gasteiger partial charge in [-0.05, 0) is 40.9 Å². The van der Waals surface area contributed by atoms with Crippen LogP contribution in [0.5, 0.6) is 5.75 Å². The average molecular weight is 379 g/mol. The van der Waals surface area contributed by atoms with E-state index in [1.54, 1.807) is 6.07 Å². The van der Waals surface area contributed by atoms with Crippen molar-refractivity contribution in [3.05, 3.63) is 16.6 Å². The second-order valence-corrected chi connectivity index (χ2v) is 7.66. The van der Waals surface area contributed by atoms with Crippen LogP contribution in [0.15, 0.2) is 21.5 Å². The van der Waals surface area contributed by atoms with Crippen molar-refractivity contribution >= 4 is 31.6 Å². The number of hydrogen-bond donors (Lipinski definition) is 2. The molecule has 8 heteroatoms. The van der Waals surface area contributed by atoms with Crippen LogP contribution in [0.2, 0.25) is 0 Å². The van der Waals surface area contributed by atoms with Crippen LogP contribution in [0, 0.1) is 0 Å². The SMILES string of the molecule is COc1cc(Br)c(N)cc1S(=O)(=O)N(CCO)C1CCC1. The van der Waals surface area contributed by atoms with Gasteiger partial charge in [0.05, 0.1) is 13.7 Å². The number of nitrogen functional groups attached to an aromatic ring is 1. The molecule has 3 N–H and O–H groups in total. The van der Waals surface area contributed by atoms with Crippen molar-refractivity contribution in [3.8, 4) is 5.75 Å². The van der Waals surface area contributed by atoms with Crippen molar-refractivity contribution in [2.75, 3.05) is 26.0 Å². The molecule has 1 aliphatic rings. The fraction of sp³-hybridized carbons (Fsp3) is 0.538. The standard InChI is InChI=1S/C13H19BrN2O4S/c1-20-12-7-10(14)11(15)8-13(12)21(18,19)16(5-6-17)9-3-2-4-9/h7-9,17H,2-6,15H2,1H3. The van der Waals surface area contributed by atoms with Crippen molar-refractivity contribution in [2.24, 2.45) is 0 Å². The Morgan fingerprint density at radius 2 is 2.14 bits per heavy atom. The van der Waals surface area contributed by atoms with Crippen LogP contribution in [0.25, 0.3) is 0 Å². The second-order valence-electron chi connectivity index (χ2n) is 4.95. The van der Waals surface area contributed by atoms with Gasteiger partial charge in [0.1, 0.15) is 10.6 Å². The Hall–Kier alpha value is -0.830. The molecule has 6 nitrogen and oxygen atoms in total. The Morgan fingerprint density at radius 1 is 1.48 bits per heavy atom. The van der Waals surface area contributed by atoms with Crippen molar-refractivity contribution in [3.63, 3.8) is 0 Å². The number of nitrogens with zero attached hydrogens (tertiary/aromatic N) is 1. The summed E-state index contributed by atoms with van der Waals surface area (Å²) in [7, 11) is -2.34. The molecule has 0 aromatic heterocycles. The van der Waals surface area contributed by atoms with Crippen LogP contribution >= 0.6 is 15.9 Å². The first-order valence-corrected chi connectivity index (χ1v) is 8.90. The van der Waals surface area contributed by atoms with Gasteiger partial charge in [0.15, 0.2) is 0 Å². The highest BCUT2D eigenvalue weighted by Gasteiger charge is 2.36. The summed E-state index contributed by atoms with van der Waals surface area (Å²) in [6.07, 6.45) is 2.63. The molecule has 118 valence electrons. The Kier molecular flexibility index (Phi) is 5.13. The molecule has 0 atom stereocenters. The topological polar surface area (TPSA) is 92.9 Å². The van der Waals surface area contributed by atoms with E-state index in [0.29, 0.717) is 10.2 Å². The lowest BCUT2D eigenvalue weighted by molar-refractivity contribution is 0.178. The van der Waals surface area contributed by atoms with Crippen LogP contribution in [-0.4, -0.2) is 44.1 Å². The van der Waals surface area contributed by atoms with Crippen molar-refractivity contribution in [1.29, 1.82) is 0 Å². The molecule has 0 radical (unpaired) electrons. The predicted octanol–water partition coefficient (Wildman–Crippen LogP) is 1.58. The molecule has 0 amide bonds. The smallest absolute Gasteiger partial charge is 0.247 e. The van der Waals surface area contributed by atoms with Gasteiger partial charge in [0, 0.05) is 22.7 Å². The lowest BCUT2D eigenvalue weighted by atomic mass is 9.93. The Morgan fingerprint density at radius 3 is 2.62 bits per heavy atom. The van der Waals surface area contributed by atoms with Gasteiger partial charge in [0.2, 0.25) is 10.0 Å². The third-order valence-electron chi connectivity index (χ3n) is 3.67. The Labute approximate surface area is 133 Å². The first-order valence-electron chi connectivity index (χ1n) is 6.67. The van der Waals surface area contributed by atoms with Gasteiger partial charge in [-0.3, -0.25) is 0 Å². The van der Waals surface area contributed by atoms with Gasteiger partial charge in [-0.25, -0.2) is 8.42 Å². The van der Waals surface area contributed by atoms with Crippen LogP contribution in [-0.2, 0) is 10.0 Å². The molecule has 2 rings (SSSR count). The number of methoxy groups -OCH3 is 1. The van der Waals surface area contributed by atoms with Crippen LogP contribution < -0.4 is 10.5 Å². The van der Waals surface area contributed by atoms with Crippen molar-refractivity contribution in [1.82, 2.24) is 4.31 Å². The number of aliphatic hydroxyl groups excluding tert-OH is 1. The van der Waals surface area contributed by atoms with Gasteiger partial charge in [-0.15, -0.1) is 0 Å². The molecular formula is C13H19BrN2O4S. The lowest BCUT2D eigenvalue weighted by Gasteiger charge is -2.36. The summed E-state index contributed by atoms with van der Waals surface area (Å²) in [6.45, 7) is -0.143. The van der Waals surface area contributed by atoms with E-state index >= 15 is 0 Å². The highest BCUT2D eigenvalue weighted by Crippen LogP contribution is 2.36. The number of aliphatic hydroxyl groups is 1. The minimum Gasteiger partial charge on any atom is -0.495 e. The zero-order valence-electron chi connectivity index (χ0n) is 11.8. The summed E-state index contributed by atoms with van der Waals surface area (Å²) in [5.41, 5.74) is 6.13. The highest BCUT2D eigenvalue weighted by atomic mass is 79.9. The van der Waals surface area contributed by atoms with Gasteiger partial charge in [-0.2, -0.15) is 4.31 Å². The monoisotopic (exact) mass is 378 g/mol. The number of benzene rings is 1. The number of sulfonamides is 1. The minimum atomic E-state index is -3.76. The third-order valence-corrected chi connectivity index (χ3v) is 6.33. The molecule has 1 aliphatic carbocycles. The molecule has 21 heavy (non-hydrogen) atoms. The summed E-state index contributed by atoms with van der Waals surface area (Å²) in [5.74, 6) is 0.235. The van der Waals surface area contributed by atoms with E-state index in [4.69, 9.17) is 10.5 Å². The summed E-state index contributed by atoms with van der Waals surface area (Å²) in [4.78, 5) is 0.0334. The largest absolute Gasteiger partial charge is 0.495 e. The van der Waals surface area contributed by atoms with Gasteiger partial charge in [0.25, 0.3) is 0 Å². The van der Waals surface area contributed by atoms with E-state index in [2.05, 4.69) is 15.9 Å². The fourth-order valence-electron chi connectivity index (χ4n) is 2.31. The normalized spacial score (nSPS) is 16.0. The van der Waals surface area contributed by atoms with E-state index < -0.39 is 10.0 Å². The molecular weight excluding hydrogens is 360 g/mol. The Bertz CT molecular complexity index is 617. The zero-order chi connectivity index (χ0) is 15.6. The zero-order valence-corrected chi connectivity index (χ0v) is 14.2. The molecule has 1 fully saturated rings. The summed E-state index contributed by atoms with van der Waals surface area (Å²) in [6, 6.07) is 2.87. The van der Waals surface area contributed by atoms with Crippen molar-refractivity contribution in [2.45, 2.75) is 30.2 Å². The molecule has 0 heterocycles. The van der Waals surface area contributed by atoms with Gasteiger partial charge in [-0.1, -0.05) is 6.42 Å². The maximum Gasteiger partial charge on any atom is 0.247 e. The molecule has 0 spiro atoms. The number of nitrogens with two attached hydrogens (primary N) is 1. The number of ether oxygens (including phenoxy) is 1. The summed E-state index contributed by atoms with van der Waals surface area (Å²) < 4.78 is 32.8. The average Bonchev–Trinajstić information content (AvgIpc) is 2.38. The molecule has 0 aliphatic heterocycles. The van der Waals surface area contributed by atoms with E-state index in [1.165, 1.54) is 17.5 Å². The number of anilines is 1. The lowest BCUT2D eigenvalue weighted by Crippen LogP contribution is -2.45. The highest BCUT2D eigenvalue weighted by molar-refractivity contribution is 9.10. The number of hydrogen-bond acceptors (Lipinski definition) is 5. The van der Waals surface area contributed by atoms with E-state index in [9.17, 15) is 13.5 Å². The summed E-state index contributed by atoms with van der Waals surface area (Å²) >= 11 is 3.26. The molecule has 0 unspecified atom stereocenters. The first-order chi connectivity index (χ1) is 9.91. The predicted molar refractivity (Wildman–Crippen MR) is 83.7 cm³/mol. The van der Waals surface area contributed by atoms with Crippen LogP contribution in [0.4, 0.5) is 5.69 Å². The number of rotatable bonds is 6. The van der Waals surface area contributed by atoms with Crippen LogP contribution in [0.3, 0.4) is 0 Å². The molecule has 0 saturated heterocycles. The van der Waals surface area contributed by atoms with Gasteiger partial charge >= 0.3 is 0 Å². The van der Waals surface area contributed by atoms with E-state index in [0.717, 1.165) is 19.3 Å². The summed E-state index contributed by atoms with van der Waals surface area (Å²) in [5, 5.41) is 9.17. The Balaban J connectivity index is 2.48.